The number of nitrogens with zero attached hydrogens (tertiary/aromatic N) is 2. The molecule has 0 aliphatic heterocycles. The highest BCUT2D eigenvalue weighted by atomic mass is 79.9. The number of rotatable bonds is 11. The van der Waals surface area contributed by atoms with E-state index in [1.807, 2.05) is 54.6 Å². The fourth-order valence-corrected chi connectivity index (χ4v) is 6.10. The minimum atomic E-state index is -4.35. The molecule has 0 unspecified atom stereocenters. The Labute approximate surface area is 247 Å². The van der Waals surface area contributed by atoms with Crippen molar-refractivity contribution in [2.24, 2.45) is 0 Å². The van der Waals surface area contributed by atoms with Gasteiger partial charge < -0.3 is 10.2 Å². The van der Waals surface area contributed by atoms with Crippen molar-refractivity contribution < 1.29 is 22.4 Å². The second-order valence-electron chi connectivity index (χ2n) is 9.24. The molecular formula is C31H29BrFN3O4S. The Kier molecular flexibility index (Phi) is 9.91. The summed E-state index contributed by atoms with van der Waals surface area (Å²) in [6.07, 6.45) is 0.188. The first-order valence-electron chi connectivity index (χ1n) is 12.8. The monoisotopic (exact) mass is 637 g/mol. The van der Waals surface area contributed by atoms with Gasteiger partial charge in [0.1, 0.15) is 18.4 Å². The number of likely N-dealkylation sites (N-methyl/N-ethyl adjacent to an activating group) is 1. The zero-order chi connectivity index (χ0) is 29.4. The van der Waals surface area contributed by atoms with Crippen molar-refractivity contribution in [3.05, 3.63) is 131 Å². The van der Waals surface area contributed by atoms with E-state index in [9.17, 15) is 18.0 Å². The number of benzene rings is 4. The lowest BCUT2D eigenvalue weighted by Gasteiger charge is -2.33. The zero-order valence-electron chi connectivity index (χ0n) is 22.3. The number of para-hydroxylation sites is 1. The molecule has 4 aromatic rings. The van der Waals surface area contributed by atoms with Crippen LogP contribution in [0.5, 0.6) is 0 Å². The number of halogens is 2. The lowest BCUT2D eigenvalue weighted by Crippen LogP contribution is -2.53. The highest BCUT2D eigenvalue weighted by molar-refractivity contribution is 9.10. The van der Waals surface area contributed by atoms with Crippen molar-refractivity contribution in [3.63, 3.8) is 0 Å². The van der Waals surface area contributed by atoms with E-state index < -0.39 is 40.2 Å². The molecule has 0 spiro atoms. The fourth-order valence-electron chi connectivity index (χ4n) is 4.39. The first kappa shape index (κ1) is 30.0. The van der Waals surface area contributed by atoms with Crippen molar-refractivity contribution in [1.29, 1.82) is 0 Å². The minimum absolute atomic E-state index is 0.0214. The molecule has 0 heterocycles. The number of hydrogen-bond acceptors (Lipinski definition) is 4. The summed E-state index contributed by atoms with van der Waals surface area (Å²) in [6.45, 7) is -0.704. The topological polar surface area (TPSA) is 86.8 Å². The van der Waals surface area contributed by atoms with Crippen molar-refractivity contribution >= 4 is 43.5 Å². The standard InChI is InChI=1S/C31H29BrFN3O4S/c1-34-31(38)29(20-23-10-4-2-5-11-23)35(21-24-16-18-25(32)19-17-24)30(37)22-36(28-15-9-8-14-27(28)33)41(39,40)26-12-6-3-7-13-26/h2-19,29H,20-22H2,1H3,(H,34,38)/t29-/m1/s1. The van der Waals surface area contributed by atoms with Gasteiger partial charge in [-0.2, -0.15) is 0 Å². The molecule has 0 fully saturated rings. The van der Waals surface area contributed by atoms with Gasteiger partial charge in [-0.15, -0.1) is 0 Å². The van der Waals surface area contributed by atoms with E-state index in [4.69, 9.17) is 0 Å². The molecule has 4 rings (SSSR count). The second kappa shape index (κ2) is 13.6. The number of sulfonamides is 1. The number of hydrogen-bond donors (Lipinski definition) is 1. The lowest BCUT2D eigenvalue weighted by atomic mass is 10.0. The summed E-state index contributed by atoms with van der Waals surface area (Å²) in [5, 5.41) is 2.63. The van der Waals surface area contributed by atoms with E-state index in [1.54, 1.807) is 18.2 Å². The molecule has 41 heavy (non-hydrogen) atoms. The van der Waals surface area contributed by atoms with Gasteiger partial charge in [0, 0.05) is 24.5 Å². The summed E-state index contributed by atoms with van der Waals surface area (Å²) in [5.74, 6) is -1.88. The molecule has 7 nitrogen and oxygen atoms in total. The summed E-state index contributed by atoms with van der Waals surface area (Å²) >= 11 is 3.40. The maximum atomic E-state index is 15.1. The van der Waals surface area contributed by atoms with Gasteiger partial charge in [0.2, 0.25) is 11.8 Å². The Balaban J connectivity index is 1.78. The largest absolute Gasteiger partial charge is 0.357 e. The second-order valence-corrected chi connectivity index (χ2v) is 12.0. The van der Waals surface area contributed by atoms with Gasteiger partial charge in [0.15, 0.2) is 0 Å². The van der Waals surface area contributed by atoms with Crippen LogP contribution in [0.3, 0.4) is 0 Å². The summed E-state index contributed by atoms with van der Waals surface area (Å²) in [5.41, 5.74) is 1.28. The first-order valence-corrected chi connectivity index (χ1v) is 15.1. The van der Waals surface area contributed by atoms with Crippen LogP contribution >= 0.6 is 15.9 Å². The maximum absolute atomic E-state index is 15.1. The van der Waals surface area contributed by atoms with Gasteiger partial charge in [-0.25, -0.2) is 12.8 Å². The van der Waals surface area contributed by atoms with Gasteiger partial charge >= 0.3 is 0 Å². The smallest absolute Gasteiger partial charge is 0.264 e. The van der Waals surface area contributed by atoms with Crippen LogP contribution in [0.15, 0.2) is 119 Å². The number of carbonyl (C=O) groups is 2. The summed E-state index contributed by atoms with van der Waals surface area (Å²) in [7, 11) is -2.87. The van der Waals surface area contributed by atoms with Gasteiger partial charge in [0.25, 0.3) is 10.0 Å². The third-order valence-electron chi connectivity index (χ3n) is 6.51. The number of amides is 2. The molecule has 0 aliphatic rings. The number of anilines is 1. The molecule has 0 saturated heterocycles. The van der Waals surface area contributed by atoms with Crippen LogP contribution in [-0.4, -0.2) is 44.8 Å². The Hall–Kier alpha value is -4.02. The predicted molar refractivity (Wildman–Crippen MR) is 160 cm³/mol. The van der Waals surface area contributed by atoms with Gasteiger partial charge in [-0.05, 0) is 47.5 Å². The third-order valence-corrected chi connectivity index (χ3v) is 8.82. The van der Waals surface area contributed by atoms with Crippen molar-refractivity contribution in [2.75, 3.05) is 17.9 Å². The molecule has 2 amide bonds. The lowest BCUT2D eigenvalue weighted by molar-refractivity contribution is -0.139. The zero-order valence-corrected chi connectivity index (χ0v) is 24.7. The molecule has 0 aliphatic carbocycles. The van der Waals surface area contributed by atoms with E-state index in [0.29, 0.717) is 0 Å². The molecule has 0 radical (unpaired) electrons. The molecule has 0 saturated carbocycles. The van der Waals surface area contributed by atoms with Crippen LogP contribution in [0, 0.1) is 5.82 Å². The normalized spacial score (nSPS) is 11.9. The van der Waals surface area contributed by atoms with Crippen LogP contribution in [0.1, 0.15) is 11.1 Å². The van der Waals surface area contributed by atoms with Crippen molar-refractivity contribution in [1.82, 2.24) is 10.2 Å². The molecule has 4 aromatic carbocycles. The van der Waals surface area contributed by atoms with E-state index in [1.165, 1.54) is 42.3 Å². The average Bonchev–Trinajstić information content (AvgIpc) is 2.99. The first-order chi connectivity index (χ1) is 19.7. The molecule has 1 atom stereocenters. The Bertz CT molecular complexity index is 1590. The van der Waals surface area contributed by atoms with Gasteiger partial charge in [-0.3, -0.25) is 13.9 Å². The van der Waals surface area contributed by atoms with Crippen molar-refractivity contribution in [3.8, 4) is 0 Å². The maximum Gasteiger partial charge on any atom is 0.264 e. The van der Waals surface area contributed by atoms with Crippen LogP contribution in [-0.2, 0) is 32.6 Å². The van der Waals surface area contributed by atoms with Crippen LogP contribution in [0.2, 0.25) is 0 Å². The summed E-state index contributed by atoms with van der Waals surface area (Å²) < 4.78 is 44.2. The average molecular weight is 639 g/mol. The summed E-state index contributed by atoms with van der Waals surface area (Å²) in [4.78, 5) is 28.6. The van der Waals surface area contributed by atoms with E-state index in [0.717, 1.165) is 26.0 Å². The third kappa shape index (κ3) is 7.39. The molecule has 212 valence electrons. The molecular weight excluding hydrogens is 609 g/mol. The molecule has 0 bridgehead atoms. The van der Waals surface area contributed by atoms with Crippen molar-refractivity contribution in [2.45, 2.75) is 23.9 Å². The highest BCUT2D eigenvalue weighted by Gasteiger charge is 2.35. The SMILES string of the molecule is CNC(=O)[C@@H](Cc1ccccc1)N(Cc1ccc(Br)cc1)C(=O)CN(c1ccccc1F)S(=O)(=O)c1ccccc1. The highest BCUT2D eigenvalue weighted by Crippen LogP contribution is 2.27. The van der Waals surface area contributed by atoms with Crippen LogP contribution < -0.4 is 9.62 Å². The number of nitrogens with one attached hydrogen (secondary N) is 1. The molecule has 10 heteroatoms. The van der Waals surface area contributed by atoms with Gasteiger partial charge in [0.05, 0.1) is 10.6 Å². The van der Waals surface area contributed by atoms with Crippen LogP contribution in [0.25, 0.3) is 0 Å². The van der Waals surface area contributed by atoms with E-state index >= 15 is 4.39 Å². The van der Waals surface area contributed by atoms with E-state index in [-0.39, 0.29) is 23.5 Å². The van der Waals surface area contributed by atoms with Gasteiger partial charge in [-0.1, -0.05) is 88.7 Å². The summed E-state index contributed by atoms with van der Waals surface area (Å²) in [6, 6.07) is 28.4. The fraction of sp³-hybridized carbons (Fsp3) is 0.161. The Morgan fingerprint density at radius 1 is 0.829 bits per heavy atom. The minimum Gasteiger partial charge on any atom is -0.357 e. The molecule has 1 N–H and O–H groups in total. The number of carbonyl (C=O) groups excluding carboxylic acids is 2. The Morgan fingerprint density at radius 2 is 1.41 bits per heavy atom. The van der Waals surface area contributed by atoms with Crippen LogP contribution in [0.4, 0.5) is 10.1 Å². The predicted octanol–water partition coefficient (Wildman–Crippen LogP) is 5.17. The quantitative estimate of drug-likeness (QED) is 0.246. The molecule has 0 aromatic heterocycles. The Morgan fingerprint density at radius 3 is 2.02 bits per heavy atom. The van der Waals surface area contributed by atoms with E-state index in [2.05, 4.69) is 21.2 Å².